The first-order chi connectivity index (χ1) is 10.1. The maximum Gasteiger partial charge on any atom is 0.230 e. The summed E-state index contributed by atoms with van der Waals surface area (Å²) in [7, 11) is 0. The van der Waals surface area contributed by atoms with Gasteiger partial charge in [0.25, 0.3) is 0 Å². The van der Waals surface area contributed by atoms with Gasteiger partial charge in [-0.2, -0.15) is 0 Å². The van der Waals surface area contributed by atoms with Crippen LogP contribution in [0.4, 0.5) is 5.88 Å². The van der Waals surface area contributed by atoms with Gasteiger partial charge in [0.15, 0.2) is 0 Å². The molecule has 1 heterocycles. The number of anilines is 1. The number of nitrogens with zero attached hydrogens (tertiary/aromatic N) is 1. The Morgan fingerprint density at radius 1 is 1.00 bits per heavy atom. The molecule has 0 bridgehead atoms. The van der Waals surface area contributed by atoms with Crippen molar-refractivity contribution in [2.75, 3.05) is 5.73 Å². The first-order valence-electron chi connectivity index (χ1n) is 6.34. The second-order valence-corrected chi connectivity index (χ2v) is 5.61. The molecule has 0 fully saturated rings. The van der Waals surface area contributed by atoms with Crippen LogP contribution in [0.1, 0.15) is 5.56 Å². The zero-order valence-electron chi connectivity index (χ0n) is 11.2. The van der Waals surface area contributed by atoms with E-state index in [9.17, 15) is 0 Å². The number of halogens is 2. The Morgan fingerprint density at radius 2 is 1.67 bits per heavy atom. The Hall–Kier alpha value is -1.97. The molecule has 3 nitrogen and oxygen atoms in total. The first kappa shape index (κ1) is 14.0. The molecule has 2 aromatic carbocycles. The van der Waals surface area contributed by atoms with Crippen LogP contribution in [0.3, 0.4) is 0 Å². The molecular formula is C16H12Cl2N2O. The van der Waals surface area contributed by atoms with Crippen molar-refractivity contribution in [1.29, 1.82) is 0 Å². The summed E-state index contributed by atoms with van der Waals surface area (Å²) in [6.45, 7) is 1.97. The summed E-state index contributed by atoms with van der Waals surface area (Å²) in [5.74, 6) is 0.279. The van der Waals surface area contributed by atoms with E-state index < -0.39 is 0 Å². The number of aromatic nitrogens is 1. The molecule has 1 aromatic heterocycles. The van der Waals surface area contributed by atoms with Gasteiger partial charge in [-0.05, 0) is 42.3 Å². The normalized spacial score (nSPS) is 10.8. The molecule has 106 valence electrons. The average Bonchev–Trinajstić information content (AvgIpc) is 2.82. The lowest BCUT2D eigenvalue weighted by molar-refractivity contribution is 0.439. The molecule has 3 rings (SSSR count). The minimum absolute atomic E-state index is 0.279. The van der Waals surface area contributed by atoms with E-state index >= 15 is 0 Å². The lowest BCUT2D eigenvalue weighted by atomic mass is 9.98. The van der Waals surface area contributed by atoms with Crippen molar-refractivity contribution < 1.29 is 4.52 Å². The van der Waals surface area contributed by atoms with Crippen molar-refractivity contribution in [2.45, 2.75) is 6.92 Å². The summed E-state index contributed by atoms with van der Waals surface area (Å²) in [6, 6.07) is 13.0. The molecule has 0 spiro atoms. The third kappa shape index (κ3) is 2.62. The number of hydrogen-bond donors (Lipinski definition) is 1. The average molecular weight is 319 g/mol. The van der Waals surface area contributed by atoms with Gasteiger partial charge in [0.1, 0.15) is 5.69 Å². The van der Waals surface area contributed by atoms with Gasteiger partial charge < -0.3 is 10.3 Å². The maximum absolute atomic E-state index is 6.00. The largest absolute Gasteiger partial charge is 0.367 e. The van der Waals surface area contributed by atoms with E-state index in [1.807, 2.05) is 49.4 Å². The molecule has 2 N–H and O–H groups in total. The van der Waals surface area contributed by atoms with Gasteiger partial charge in [0, 0.05) is 15.6 Å². The number of nitrogens with two attached hydrogens (primary N) is 1. The van der Waals surface area contributed by atoms with Gasteiger partial charge in [-0.1, -0.05) is 46.6 Å². The van der Waals surface area contributed by atoms with Gasteiger partial charge in [-0.25, -0.2) is 0 Å². The molecule has 0 radical (unpaired) electrons. The van der Waals surface area contributed by atoms with E-state index in [2.05, 4.69) is 5.16 Å². The smallest absolute Gasteiger partial charge is 0.230 e. The van der Waals surface area contributed by atoms with Crippen LogP contribution in [0, 0.1) is 6.92 Å². The fraction of sp³-hybridized carbons (Fsp3) is 0.0625. The van der Waals surface area contributed by atoms with Crippen LogP contribution < -0.4 is 5.73 Å². The van der Waals surface area contributed by atoms with E-state index in [0.717, 1.165) is 22.3 Å². The van der Waals surface area contributed by atoms with Crippen LogP contribution in [0.25, 0.3) is 22.4 Å². The van der Waals surface area contributed by atoms with Gasteiger partial charge in [0.2, 0.25) is 5.88 Å². The summed E-state index contributed by atoms with van der Waals surface area (Å²) < 4.78 is 5.18. The minimum Gasteiger partial charge on any atom is -0.367 e. The van der Waals surface area contributed by atoms with Gasteiger partial charge in [-0.3, -0.25) is 0 Å². The Morgan fingerprint density at radius 3 is 2.33 bits per heavy atom. The van der Waals surface area contributed by atoms with E-state index in [1.165, 1.54) is 0 Å². The van der Waals surface area contributed by atoms with Crippen LogP contribution in [0.2, 0.25) is 10.0 Å². The van der Waals surface area contributed by atoms with E-state index in [1.54, 1.807) is 0 Å². The highest BCUT2D eigenvalue weighted by Crippen LogP contribution is 2.38. The Bertz CT molecular complexity index is 795. The van der Waals surface area contributed by atoms with E-state index in [0.29, 0.717) is 15.7 Å². The molecular weight excluding hydrogens is 307 g/mol. The molecule has 0 unspecified atom stereocenters. The predicted molar refractivity (Wildman–Crippen MR) is 86.5 cm³/mol. The quantitative estimate of drug-likeness (QED) is 0.706. The minimum atomic E-state index is 0.279. The van der Waals surface area contributed by atoms with Crippen molar-refractivity contribution in [2.24, 2.45) is 0 Å². The molecule has 0 atom stereocenters. The molecule has 0 saturated heterocycles. The molecule has 0 aliphatic heterocycles. The summed E-state index contributed by atoms with van der Waals surface area (Å²) in [6.07, 6.45) is 0. The zero-order chi connectivity index (χ0) is 15.0. The standard InChI is InChI=1S/C16H12Cl2N2O/c1-9-8-12(18)6-7-13(9)15-14(16(19)21-20-15)10-2-4-11(17)5-3-10/h2-8H,19H2,1H3. The Balaban J connectivity index is 2.19. The summed E-state index contributed by atoms with van der Waals surface area (Å²) >= 11 is 11.9. The zero-order valence-corrected chi connectivity index (χ0v) is 12.7. The van der Waals surface area contributed by atoms with Crippen molar-refractivity contribution in [3.63, 3.8) is 0 Å². The van der Waals surface area contributed by atoms with Gasteiger partial charge in [-0.15, -0.1) is 0 Å². The predicted octanol–water partition coefficient (Wildman–Crippen LogP) is 5.21. The van der Waals surface area contributed by atoms with Crippen molar-refractivity contribution in [1.82, 2.24) is 5.16 Å². The SMILES string of the molecule is Cc1cc(Cl)ccc1-c1noc(N)c1-c1ccc(Cl)cc1. The highest BCUT2D eigenvalue weighted by Gasteiger charge is 2.18. The van der Waals surface area contributed by atoms with Crippen LogP contribution in [0.15, 0.2) is 47.0 Å². The highest BCUT2D eigenvalue weighted by molar-refractivity contribution is 6.31. The van der Waals surface area contributed by atoms with E-state index in [-0.39, 0.29) is 5.88 Å². The number of rotatable bonds is 2. The van der Waals surface area contributed by atoms with Crippen LogP contribution >= 0.6 is 23.2 Å². The number of benzene rings is 2. The lowest BCUT2D eigenvalue weighted by Gasteiger charge is -2.06. The molecule has 0 saturated carbocycles. The summed E-state index contributed by atoms with van der Waals surface area (Å²) in [5, 5.41) is 5.45. The van der Waals surface area contributed by atoms with Crippen LogP contribution in [0.5, 0.6) is 0 Å². The molecule has 5 heteroatoms. The van der Waals surface area contributed by atoms with E-state index in [4.69, 9.17) is 33.5 Å². The maximum atomic E-state index is 6.00. The molecule has 0 amide bonds. The third-order valence-electron chi connectivity index (χ3n) is 3.29. The van der Waals surface area contributed by atoms with Gasteiger partial charge >= 0.3 is 0 Å². The van der Waals surface area contributed by atoms with Crippen LogP contribution in [-0.2, 0) is 0 Å². The first-order valence-corrected chi connectivity index (χ1v) is 7.09. The second-order valence-electron chi connectivity index (χ2n) is 4.74. The molecule has 21 heavy (non-hydrogen) atoms. The van der Waals surface area contributed by atoms with Crippen molar-refractivity contribution >= 4 is 29.1 Å². The molecule has 0 aliphatic rings. The number of nitrogen functional groups attached to an aromatic ring is 1. The summed E-state index contributed by atoms with van der Waals surface area (Å²) in [5.41, 5.74) is 10.2. The molecule has 0 aliphatic carbocycles. The fourth-order valence-corrected chi connectivity index (χ4v) is 2.63. The number of aryl methyl sites for hydroxylation is 1. The Labute approximate surface area is 132 Å². The highest BCUT2D eigenvalue weighted by atomic mass is 35.5. The van der Waals surface area contributed by atoms with Gasteiger partial charge in [0.05, 0.1) is 5.56 Å². The van der Waals surface area contributed by atoms with Crippen molar-refractivity contribution in [3.8, 4) is 22.4 Å². The lowest BCUT2D eigenvalue weighted by Crippen LogP contribution is -1.89. The second kappa shape index (κ2) is 5.43. The van der Waals surface area contributed by atoms with Crippen molar-refractivity contribution in [3.05, 3.63) is 58.1 Å². The number of hydrogen-bond acceptors (Lipinski definition) is 3. The Kier molecular flexibility index (Phi) is 3.62. The third-order valence-corrected chi connectivity index (χ3v) is 3.78. The topological polar surface area (TPSA) is 52.0 Å². The molecule has 3 aromatic rings. The fourth-order valence-electron chi connectivity index (χ4n) is 2.27. The summed E-state index contributed by atoms with van der Waals surface area (Å²) in [4.78, 5) is 0. The van der Waals surface area contributed by atoms with Crippen LogP contribution in [-0.4, -0.2) is 5.16 Å². The monoisotopic (exact) mass is 318 g/mol.